The van der Waals surface area contributed by atoms with Gasteiger partial charge in [-0.1, -0.05) is 0 Å². The van der Waals surface area contributed by atoms with Gasteiger partial charge in [-0.25, -0.2) is 0 Å². The molecule has 0 saturated carbocycles. The smallest absolute Gasteiger partial charge is 0.302 e. The van der Waals surface area contributed by atoms with Crippen LogP contribution in [0.5, 0.6) is 0 Å². The molecule has 0 bridgehead atoms. The molecule has 0 aromatic heterocycles. The predicted octanol–water partition coefficient (Wildman–Crippen LogP) is 0.619. The molecule has 5 heteroatoms. The highest BCUT2D eigenvalue weighted by Crippen LogP contribution is 2.37. The Labute approximate surface area is 102 Å². The van der Waals surface area contributed by atoms with Gasteiger partial charge < -0.3 is 19.7 Å². The Morgan fingerprint density at radius 2 is 2.24 bits per heavy atom. The summed E-state index contributed by atoms with van der Waals surface area (Å²) in [5.74, 6) is -0.426. The lowest BCUT2D eigenvalue weighted by atomic mass is 9.94. The summed E-state index contributed by atoms with van der Waals surface area (Å²) in [7, 11) is 0. The quantitative estimate of drug-likeness (QED) is 0.711. The molecule has 1 rings (SSSR count). The Kier molecular flexibility index (Phi) is 4.17. The lowest BCUT2D eigenvalue weighted by Crippen LogP contribution is -2.45. The number of aliphatic hydroxyl groups is 2. The van der Waals surface area contributed by atoms with Crippen LogP contribution in [0.2, 0.25) is 0 Å². The zero-order valence-corrected chi connectivity index (χ0v) is 10.9. The molecule has 100 valence electrons. The molecule has 1 aliphatic heterocycles. The first-order chi connectivity index (χ1) is 7.65. The Morgan fingerprint density at radius 3 is 2.65 bits per heavy atom. The van der Waals surface area contributed by atoms with Gasteiger partial charge in [0.1, 0.15) is 12.7 Å². The molecule has 1 aliphatic rings. The van der Waals surface area contributed by atoms with Gasteiger partial charge in [0.15, 0.2) is 0 Å². The molecule has 0 amide bonds. The van der Waals surface area contributed by atoms with E-state index in [0.717, 1.165) is 0 Å². The first-order valence-electron chi connectivity index (χ1n) is 5.87. The van der Waals surface area contributed by atoms with Crippen molar-refractivity contribution in [2.75, 3.05) is 6.61 Å². The molecule has 0 unspecified atom stereocenters. The Morgan fingerprint density at radius 1 is 1.65 bits per heavy atom. The number of aliphatic hydroxyl groups excluding tert-OH is 1. The van der Waals surface area contributed by atoms with E-state index < -0.39 is 23.3 Å². The van der Waals surface area contributed by atoms with Crippen LogP contribution in [-0.4, -0.2) is 46.2 Å². The molecular weight excluding hydrogens is 224 g/mol. The minimum absolute atomic E-state index is 0.0790. The third-order valence-corrected chi connectivity index (χ3v) is 3.25. The topological polar surface area (TPSA) is 76.0 Å². The molecule has 17 heavy (non-hydrogen) atoms. The van der Waals surface area contributed by atoms with Crippen molar-refractivity contribution >= 4 is 5.97 Å². The van der Waals surface area contributed by atoms with E-state index in [4.69, 9.17) is 9.47 Å². The first kappa shape index (κ1) is 14.4. The van der Waals surface area contributed by atoms with Gasteiger partial charge in [0.05, 0.1) is 17.3 Å². The second kappa shape index (κ2) is 4.92. The number of ether oxygens (including phenoxy) is 2. The van der Waals surface area contributed by atoms with Crippen LogP contribution in [0.4, 0.5) is 0 Å². The van der Waals surface area contributed by atoms with Gasteiger partial charge in [-0.2, -0.15) is 0 Å². The molecule has 1 saturated heterocycles. The molecule has 1 fully saturated rings. The molecule has 0 spiro atoms. The maximum atomic E-state index is 10.7. The second-order valence-electron chi connectivity index (χ2n) is 5.43. The van der Waals surface area contributed by atoms with Crippen LogP contribution >= 0.6 is 0 Å². The molecule has 0 aromatic carbocycles. The summed E-state index contributed by atoms with van der Waals surface area (Å²) in [6.07, 6.45) is 0.125. The van der Waals surface area contributed by atoms with Crippen LogP contribution in [0, 0.1) is 0 Å². The van der Waals surface area contributed by atoms with E-state index in [2.05, 4.69) is 0 Å². The molecule has 1 heterocycles. The van der Waals surface area contributed by atoms with Gasteiger partial charge in [0.25, 0.3) is 0 Å². The van der Waals surface area contributed by atoms with Crippen molar-refractivity contribution in [2.24, 2.45) is 0 Å². The maximum Gasteiger partial charge on any atom is 0.302 e. The fraction of sp³-hybridized carbons (Fsp3) is 0.917. The van der Waals surface area contributed by atoms with Crippen molar-refractivity contribution in [1.82, 2.24) is 0 Å². The average Bonchev–Trinajstić information content (AvgIpc) is 2.58. The predicted molar refractivity (Wildman–Crippen MR) is 61.4 cm³/mol. The summed E-state index contributed by atoms with van der Waals surface area (Å²) in [5.41, 5.74) is -1.70. The highest BCUT2D eigenvalue weighted by Gasteiger charge is 2.46. The third kappa shape index (κ3) is 3.66. The highest BCUT2D eigenvalue weighted by atomic mass is 16.6. The van der Waals surface area contributed by atoms with Crippen molar-refractivity contribution in [3.63, 3.8) is 0 Å². The average molecular weight is 246 g/mol. The van der Waals surface area contributed by atoms with Gasteiger partial charge in [-0.15, -0.1) is 0 Å². The number of hydrogen-bond acceptors (Lipinski definition) is 5. The minimum atomic E-state index is -0.932. The van der Waals surface area contributed by atoms with Crippen LogP contribution in [0.3, 0.4) is 0 Å². The van der Waals surface area contributed by atoms with Gasteiger partial charge in [-0.05, 0) is 33.6 Å². The normalized spacial score (nSPS) is 31.3. The van der Waals surface area contributed by atoms with Gasteiger partial charge in [0, 0.05) is 6.92 Å². The van der Waals surface area contributed by atoms with Gasteiger partial charge >= 0.3 is 5.97 Å². The van der Waals surface area contributed by atoms with Crippen LogP contribution in [0.1, 0.15) is 40.5 Å². The van der Waals surface area contributed by atoms with E-state index in [-0.39, 0.29) is 12.7 Å². The summed E-state index contributed by atoms with van der Waals surface area (Å²) in [6, 6.07) is 0. The molecule has 0 aliphatic carbocycles. The van der Waals surface area contributed by atoms with Crippen LogP contribution < -0.4 is 0 Å². The SMILES string of the molecule is CC(=O)OC[C@H](O)[C@]1(C)CC[C@H](C(C)(C)O)O1. The van der Waals surface area contributed by atoms with Crippen molar-refractivity contribution in [3.05, 3.63) is 0 Å². The highest BCUT2D eigenvalue weighted by molar-refractivity contribution is 5.65. The lowest BCUT2D eigenvalue weighted by molar-refractivity contribution is -0.171. The Hall–Kier alpha value is -0.650. The second-order valence-corrected chi connectivity index (χ2v) is 5.43. The Bertz CT molecular complexity index is 283. The fourth-order valence-electron chi connectivity index (χ4n) is 1.98. The van der Waals surface area contributed by atoms with Crippen LogP contribution in [-0.2, 0) is 14.3 Å². The zero-order valence-electron chi connectivity index (χ0n) is 10.9. The summed E-state index contributed by atoms with van der Waals surface area (Å²) >= 11 is 0. The first-order valence-corrected chi connectivity index (χ1v) is 5.87. The van der Waals surface area contributed by atoms with Gasteiger partial charge in [0.2, 0.25) is 0 Å². The van der Waals surface area contributed by atoms with Gasteiger partial charge in [-0.3, -0.25) is 4.79 Å². The molecule has 2 N–H and O–H groups in total. The maximum absolute atomic E-state index is 10.7. The zero-order chi connectivity index (χ0) is 13.3. The third-order valence-electron chi connectivity index (χ3n) is 3.25. The summed E-state index contributed by atoms with van der Waals surface area (Å²) in [5, 5.41) is 19.8. The van der Waals surface area contributed by atoms with E-state index in [1.54, 1.807) is 20.8 Å². The molecule has 0 radical (unpaired) electrons. The van der Waals surface area contributed by atoms with E-state index >= 15 is 0 Å². The van der Waals surface area contributed by atoms with Crippen molar-refractivity contribution < 1.29 is 24.5 Å². The molecule has 3 atom stereocenters. The van der Waals surface area contributed by atoms with Crippen molar-refractivity contribution in [3.8, 4) is 0 Å². The summed E-state index contributed by atoms with van der Waals surface area (Å²) in [4.78, 5) is 10.7. The van der Waals surface area contributed by atoms with E-state index in [1.807, 2.05) is 0 Å². The Balaban J connectivity index is 2.56. The molecular formula is C12H22O5. The number of carbonyl (C=O) groups excluding carboxylic acids is 1. The monoisotopic (exact) mass is 246 g/mol. The summed E-state index contributed by atoms with van der Waals surface area (Å²) in [6.45, 7) is 6.35. The fourth-order valence-corrected chi connectivity index (χ4v) is 1.98. The number of hydrogen-bond donors (Lipinski definition) is 2. The van der Waals surface area contributed by atoms with Crippen LogP contribution in [0.25, 0.3) is 0 Å². The van der Waals surface area contributed by atoms with E-state index in [1.165, 1.54) is 6.92 Å². The minimum Gasteiger partial charge on any atom is -0.463 e. The molecule has 0 aromatic rings. The lowest BCUT2D eigenvalue weighted by Gasteiger charge is -2.33. The van der Waals surface area contributed by atoms with Crippen molar-refractivity contribution in [1.29, 1.82) is 0 Å². The van der Waals surface area contributed by atoms with E-state index in [9.17, 15) is 15.0 Å². The number of esters is 1. The number of rotatable bonds is 4. The van der Waals surface area contributed by atoms with E-state index in [0.29, 0.717) is 12.8 Å². The van der Waals surface area contributed by atoms with Crippen LogP contribution in [0.15, 0.2) is 0 Å². The number of carbonyl (C=O) groups is 1. The summed E-state index contributed by atoms with van der Waals surface area (Å²) < 4.78 is 10.5. The van der Waals surface area contributed by atoms with Crippen molar-refractivity contribution in [2.45, 2.75) is 63.9 Å². The standard InChI is InChI=1S/C12H22O5/c1-8(13)16-7-9(14)12(4)6-5-10(17-12)11(2,3)15/h9-10,14-15H,5-7H2,1-4H3/t9-,10+,12-/m0/s1. The largest absolute Gasteiger partial charge is 0.463 e. The molecule has 5 nitrogen and oxygen atoms in total.